The first-order valence-corrected chi connectivity index (χ1v) is 21.8. The zero-order valence-electron chi connectivity index (χ0n) is 34.2. The van der Waals surface area contributed by atoms with E-state index < -0.39 is 50.9 Å². The molecule has 0 fully saturated rings. The molecule has 1 heterocycles. The molecule has 0 aliphatic rings. The van der Waals surface area contributed by atoms with E-state index in [4.69, 9.17) is 33.9 Å². The van der Waals surface area contributed by atoms with Gasteiger partial charge in [-0.15, -0.1) is 0 Å². The van der Waals surface area contributed by atoms with Crippen molar-refractivity contribution in [2.45, 2.75) is 94.8 Å². The third kappa shape index (κ3) is 23.7. The number of aromatic hydroxyl groups is 2. The lowest BCUT2D eigenvalue weighted by atomic mass is 10.0. The quantitative estimate of drug-likeness (QED) is 0.0370. The Morgan fingerprint density at radius 1 is 0.583 bits per heavy atom. The molecule has 2 aromatic rings. The highest BCUT2D eigenvalue weighted by molar-refractivity contribution is 7.92. The molecule has 1 aromatic carbocycles. The first-order valence-electron chi connectivity index (χ1n) is 20.4. The molecule has 0 aliphatic carbocycles. The summed E-state index contributed by atoms with van der Waals surface area (Å²) in [7, 11) is -4.38. The summed E-state index contributed by atoms with van der Waals surface area (Å²) in [6, 6.07) is 5.02. The van der Waals surface area contributed by atoms with Crippen LogP contribution >= 0.6 is 0 Å². The highest BCUT2D eigenvalue weighted by Gasteiger charge is 2.24. The molecule has 1 aromatic heterocycles. The molecule has 0 bridgehead atoms. The molecule has 0 aliphatic heterocycles. The second-order valence-electron chi connectivity index (χ2n) is 13.7. The highest BCUT2D eigenvalue weighted by Crippen LogP contribution is 2.40. The number of anilines is 1. The monoisotopic (exact) mass is 870 g/mol. The molecule has 0 spiro atoms. The van der Waals surface area contributed by atoms with Crippen molar-refractivity contribution in [3.05, 3.63) is 36.0 Å². The fourth-order valence-corrected chi connectivity index (χ4v) is 6.68. The number of phenols is 2. The molecule has 0 unspecified atom stereocenters. The van der Waals surface area contributed by atoms with Gasteiger partial charge in [-0.05, 0) is 37.1 Å². The first-order chi connectivity index (χ1) is 28.9. The summed E-state index contributed by atoms with van der Waals surface area (Å²) in [6.45, 7) is 1.14. The van der Waals surface area contributed by atoms with Crippen LogP contribution < -0.4 is 20.1 Å². The Morgan fingerprint density at radius 3 is 1.70 bits per heavy atom. The van der Waals surface area contributed by atoms with E-state index in [2.05, 4.69) is 20.3 Å². The molecule has 2 rings (SSSR count). The maximum Gasteiger partial charge on any atom is 0.329 e. The number of amides is 2. The van der Waals surface area contributed by atoms with Crippen molar-refractivity contribution in [1.29, 1.82) is 0 Å². The number of carbonyl (C=O) groups excluding carboxylic acids is 2. The van der Waals surface area contributed by atoms with Crippen molar-refractivity contribution >= 4 is 39.6 Å². The molecular formula is C40H62N4O15S. The Labute approximate surface area is 351 Å². The second kappa shape index (κ2) is 31.2. The van der Waals surface area contributed by atoms with Crippen molar-refractivity contribution in [1.82, 2.24) is 15.6 Å². The smallest absolute Gasteiger partial charge is 0.329 e. The number of phenolic OH excluding ortho intramolecular Hbond substituents is 2. The normalized spacial score (nSPS) is 11.3. The van der Waals surface area contributed by atoms with Gasteiger partial charge in [0.2, 0.25) is 11.7 Å². The molecule has 338 valence electrons. The zero-order chi connectivity index (χ0) is 43.9. The number of rotatable bonds is 37. The van der Waals surface area contributed by atoms with Crippen LogP contribution in [-0.4, -0.2) is 130 Å². The van der Waals surface area contributed by atoms with Crippen molar-refractivity contribution in [2.75, 3.05) is 77.3 Å². The van der Waals surface area contributed by atoms with Gasteiger partial charge in [0.15, 0.2) is 11.5 Å². The lowest BCUT2D eigenvalue weighted by molar-refractivity contribution is -0.143. The van der Waals surface area contributed by atoms with E-state index in [1.807, 2.05) is 0 Å². The average molecular weight is 871 g/mol. The Hall–Kier alpha value is -4.76. The molecule has 7 N–H and O–H groups in total. The summed E-state index contributed by atoms with van der Waals surface area (Å²) >= 11 is 0. The average Bonchev–Trinajstić information content (AvgIpc) is 3.20. The van der Waals surface area contributed by atoms with Crippen molar-refractivity contribution in [3.8, 4) is 17.2 Å². The van der Waals surface area contributed by atoms with Crippen LogP contribution in [-0.2, 0) is 43.4 Å². The predicted octanol–water partition coefficient (Wildman–Crippen LogP) is 4.22. The second-order valence-corrected chi connectivity index (χ2v) is 15.4. The topological polar surface area (TPSA) is 278 Å². The lowest BCUT2D eigenvalue weighted by Crippen LogP contribution is -2.31. The van der Waals surface area contributed by atoms with Crippen molar-refractivity contribution in [3.63, 3.8) is 0 Å². The fourth-order valence-electron chi connectivity index (χ4n) is 5.58. The maximum atomic E-state index is 13.0. The summed E-state index contributed by atoms with van der Waals surface area (Å²) in [5.41, 5.74) is 0.150. The lowest BCUT2D eigenvalue weighted by Gasteiger charge is -2.13. The SMILES string of the molecule is O=C(O)CCCCCCCCCCCCCCCOc1ccc(S(=O)(=O)Nc2ccc(C(=O)NCCOCCOCC(=O)NCCOCCOCC(=O)O)cn2)c(O)c1O. The number of pyridine rings is 1. The van der Waals surface area contributed by atoms with E-state index >= 15 is 0 Å². The number of carbonyl (C=O) groups is 4. The number of unbranched alkanes of at least 4 members (excludes halogenated alkanes) is 12. The molecule has 2 amide bonds. The number of aromatic nitrogens is 1. The van der Waals surface area contributed by atoms with E-state index in [1.165, 1.54) is 50.1 Å². The van der Waals surface area contributed by atoms with E-state index in [1.54, 1.807) is 0 Å². The van der Waals surface area contributed by atoms with E-state index in [0.29, 0.717) is 0 Å². The molecule has 0 saturated carbocycles. The third-order valence-electron chi connectivity index (χ3n) is 8.73. The molecule has 60 heavy (non-hydrogen) atoms. The molecule has 19 nitrogen and oxygen atoms in total. The van der Waals surface area contributed by atoms with Gasteiger partial charge < -0.3 is 54.7 Å². The summed E-state index contributed by atoms with van der Waals surface area (Å²) in [6.07, 6.45) is 15.2. The number of hydrogen-bond acceptors (Lipinski definition) is 14. The number of ether oxygens (including phenoxy) is 5. The van der Waals surface area contributed by atoms with Gasteiger partial charge in [0.25, 0.3) is 15.9 Å². The maximum absolute atomic E-state index is 13.0. The van der Waals surface area contributed by atoms with E-state index in [9.17, 15) is 37.8 Å². The highest BCUT2D eigenvalue weighted by atomic mass is 32.2. The van der Waals surface area contributed by atoms with Crippen LogP contribution in [0.1, 0.15) is 100 Å². The summed E-state index contributed by atoms with van der Waals surface area (Å²) in [5.74, 6) is -4.35. The Balaban J connectivity index is 1.56. The van der Waals surface area contributed by atoms with Gasteiger partial charge in [0, 0.05) is 25.7 Å². The Kier molecular flexibility index (Phi) is 26.7. The molecular weight excluding hydrogens is 809 g/mol. The summed E-state index contributed by atoms with van der Waals surface area (Å²) in [4.78, 5) is 48.5. The number of nitrogens with zero attached hydrogens (tertiary/aromatic N) is 1. The zero-order valence-corrected chi connectivity index (χ0v) is 35.0. The minimum Gasteiger partial charge on any atom is -0.503 e. The van der Waals surface area contributed by atoms with Crippen LogP contribution in [0.3, 0.4) is 0 Å². The number of nitrogens with one attached hydrogen (secondary N) is 3. The number of sulfonamides is 1. The minimum absolute atomic E-state index is 0.0407. The first kappa shape index (κ1) is 51.4. The Bertz CT molecular complexity index is 1660. The number of carboxylic acid groups (broad SMARTS) is 2. The van der Waals surface area contributed by atoms with E-state index in [0.717, 1.165) is 63.9 Å². The van der Waals surface area contributed by atoms with Gasteiger partial charge in [-0.1, -0.05) is 70.6 Å². The molecule has 0 atom stereocenters. The van der Waals surface area contributed by atoms with Crippen LogP contribution in [0, 0.1) is 0 Å². The van der Waals surface area contributed by atoms with Gasteiger partial charge in [0.05, 0.1) is 51.8 Å². The van der Waals surface area contributed by atoms with Crippen LogP contribution in [0.5, 0.6) is 17.2 Å². The van der Waals surface area contributed by atoms with Gasteiger partial charge in [-0.25, -0.2) is 18.2 Å². The third-order valence-corrected chi connectivity index (χ3v) is 10.1. The number of carboxylic acids is 2. The van der Waals surface area contributed by atoms with Crippen LogP contribution in [0.4, 0.5) is 5.82 Å². The summed E-state index contributed by atoms with van der Waals surface area (Å²) < 4.78 is 54.5. The van der Waals surface area contributed by atoms with Crippen LogP contribution in [0.25, 0.3) is 0 Å². The number of benzene rings is 1. The predicted molar refractivity (Wildman–Crippen MR) is 219 cm³/mol. The van der Waals surface area contributed by atoms with Crippen molar-refractivity contribution < 1.29 is 71.7 Å². The van der Waals surface area contributed by atoms with Crippen molar-refractivity contribution in [2.24, 2.45) is 0 Å². The largest absolute Gasteiger partial charge is 0.503 e. The molecule has 20 heteroatoms. The number of hydrogen-bond donors (Lipinski definition) is 7. The van der Waals surface area contributed by atoms with E-state index in [-0.39, 0.29) is 95.4 Å². The Morgan fingerprint density at radius 2 is 1.13 bits per heavy atom. The van der Waals surface area contributed by atoms with Gasteiger partial charge in [-0.2, -0.15) is 0 Å². The summed E-state index contributed by atoms with van der Waals surface area (Å²) in [5, 5.41) is 43.3. The number of aliphatic carboxylic acids is 2. The standard InChI is InChI=1S/C40H62N4O15S/c45-35(41-19-22-55-25-27-58-30-37(48)49)29-57-26-24-56-23-20-42-40(52)31-15-18-34(43-28-31)44-60(53,54)33-17-16-32(38(50)39(33)51)59-21-13-11-9-7-5-3-1-2-4-6-8-10-12-14-36(46)47/h15-18,28,50-51H,1-14,19-27,29-30H2,(H,41,45)(H,42,52)(H,43,44)(H,46,47)(H,48,49). The minimum atomic E-state index is -4.38. The van der Waals surface area contributed by atoms with Gasteiger partial charge in [0.1, 0.15) is 23.9 Å². The van der Waals surface area contributed by atoms with Gasteiger partial charge in [-0.3, -0.25) is 19.1 Å². The van der Waals surface area contributed by atoms with Crippen LogP contribution in [0.2, 0.25) is 0 Å². The molecule has 0 saturated heterocycles. The molecule has 0 radical (unpaired) electrons. The fraction of sp³-hybridized carbons (Fsp3) is 0.625. The van der Waals surface area contributed by atoms with Crippen LogP contribution in [0.15, 0.2) is 35.4 Å². The van der Waals surface area contributed by atoms with Gasteiger partial charge >= 0.3 is 11.9 Å².